The minimum Gasteiger partial charge on any atom is -0.309 e. The third kappa shape index (κ3) is 2.22. The van der Waals surface area contributed by atoms with Crippen LogP contribution in [0.5, 0.6) is 0 Å². The Morgan fingerprint density at radius 1 is 1.09 bits per heavy atom. The molecular weight excluding hydrogens is 300 g/mol. The van der Waals surface area contributed by atoms with Crippen LogP contribution in [0.2, 0.25) is 5.02 Å². The van der Waals surface area contributed by atoms with Gasteiger partial charge in [0.15, 0.2) is 5.65 Å². The lowest BCUT2D eigenvalue weighted by molar-refractivity contribution is 0.468. The first-order valence-electron chi connectivity index (χ1n) is 7.45. The molecule has 0 bridgehead atoms. The van der Waals surface area contributed by atoms with Crippen LogP contribution in [0.1, 0.15) is 19.3 Å². The third-order valence-corrected chi connectivity index (χ3v) is 4.36. The minimum absolute atomic E-state index is 0.0683. The van der Waals surface area contributed by atoms with Crippen LogP contribution in [0.4, 0.5) is 0 Å². The van der Waals surface area contributed by atoms with Crippen LogP contribution in [0, 0.1) is 0 Å². The van der Waals surface area contributed by atoms with Crippen molar-refractivity contribution in [2.75, 3.05) is 18.1 Å². The van der Waals surface area contributed by atoms with Gasteiger partial charge < -0.3 is 5.01 Å². The second kappa shape index (κ2) is 5.25. The minimum atomic E-state index is -0.0683. The van der Waals surface area contributed by atoms with E-state index >= 15 is 0 Å². The van der Waals surface area contributed by atoms with Crippen LogP contribution in [-0.4, -0.2) is 27.7 Å². The maximum Gasteiger partial charge on any atom is 0.281 e. The number of fused-ring (bicyclic) bond motifs is 2. The maximum atomic E-state index is 12.8. The van der Waals surface area contributed by atoms with E-state index in [9.17, 15) is 4.79 Å². The Labute approximate surface area is 132 Å². The molecule has 0 saturated carbocycles. The SMILES string of the molecule is O=c1c2cc3cc(Cl)ccc3nc2ncn1N1CCCCC1. The lowest BCUT2D eigenvalue weighted by Crippen LogP contribution is -2.45. The van der Waals surface area contributed by atoms with Gasteiger partial charge >= 0.3 is 0 Å². The quantitative estimate of drug-likeness (QED) is 0.648. The molecular formula is C16H15ClN4O. The van der Waals surface area contributed by atoms with Crippen molar-refractivity contribution in [1.82, 2.24) is 14.6 Å². The first kappa shape index (κ1) is 13.5. The van der Waals surface area contributed by atoms with Gasteiger partial charge in [-0.3, -0.25) is 4.79 Å². The van der Waals surface area contributed by atoms with Crippen molar-refractivity contribution >= 4 is 33.5 Å². The van der Waals surface area contributed by atoms with Crippen molar-refractivity contribution < 1.29 is 0 Å². The van der Waals surface area contributed by atoms with Crippen molar-refractivity contribution in [3.05, 3.63) is 46.0 Å². The molecule has 5 nitrogen and oxygen atoms in total. The maximum absolute atomic E-state index is 12.8. The summed E-state index contributed by atoms with van der Waals surface area (Å²) < 4.78 is 1.62. The lowest BCUT2D eigenvalue weighted by Gasteiger charge is -2.29. The summed E-state index contributed by atoms with van der Waals surface area (Å²) in [4.78, 5) is 21.6. The van der Waals surface area contributed by atoms with Crippen molar-refractivity contribution in [1.29, 1.82) is 0 Å². The van der Waals surface area contributed by atoms with Gasteiger partial charge in [0.2, 0.25) is 0 Å². The summed E-state index contributed by atoms with van der Waals surface area (Å²) in [6.07, 6.45) is 5.02. The largest absolute Gasteiger partial charge is 0.309 e. The van der Waals surface area contributed by atoms with Gasteiger partial charge in [0, 0.05) is 23.5 Å². The molecule has 0 N–H and O–H groups in total. The van der Waals surface area contributed by atoms with E-state index in [1.807, 2.05) is 18.2 Å². The zero-order valence-electron chi connectivity index (χ0n) is 12.0. The van der Waals surface area contributed by atoms with Gasteiger partial charge in [-0.25, -0.2) is 14.6 Å². The highest BCUT2D eigenvalue weighted by atomic mass is 35.5. The summed E-state index contributed by atoms with van der Waals surface area (Å²) >= 11 is 6.03. The third-order valence-electron chi connectivity index (χ3n) is 4.12. The molecule has 2 aromatic heterocycles. The highest BCUT2D eigenvalue weighted by Crippen LogP contribution is 2.20. The second-order valence-corrected chi connectivity index (χ2v) is 6.04. The molecule has 6 heteroatoms. The predicted molar refractivity (Wildman–Crippen MR) is 88.1 cm³/mol. The molecule has 0 unspecified atom stereocenters. The molecule has 0 spiro atoms. The normalized spacial score (nSPS) is 15.6. The molecule has 1 aliphatic rings. The number of pyridine rings is 1. The second-order valence-electron chi connectivity index (χ2n) is 5.61. The summed E-state index contributed by atoms with van der Waals surface area (Å²) in [5.41, 5.74) is 1.20. The molecule has 112 valence electrons. The smallest absolute Gasteiger partial charge is 0.281 e. The number of hydrogen-bond acceptors (Lipinski definition) is 4. The molecule has 3 aromatic rings. The molecule has 1 aromatic carbocycles. The Hall–Kier alpha value is -2.14. The zero-order chi connectivity index (χ0) is 15.1. The van der Waals surface area contributed by atoms with Crippen molar-refractivity contribution in [2.24, 2.45) is 0 Å². The Balaban J connectivity index is 1.93. The Morgan fingerprint density at radius 3 is 2.73 bits per heavy atom. The van der Waals surface area contributed by atoms with Gasteiger partial charge in [-0.2, -0.15) is 0 Å². The number of nitrogens with zero attached hydrogens (tertiary/aromatic N) is 4. The summed E-state index contributed by atoms with van der Waals surface area (Å²) in [6, 6.07) is 7.28. The predicted octanol–water partition coefficient (Wildman–Crippen LogP) is 2.72. The number of rotatable bonds is 1. The van der Waals surface area contributed by atoms with Gasteiger partial charge in [0.1, 0.15) is 6.33 Å². The molecule has 0 radical (unpaired) electrons. The van der Waals surface area contributed by atoms with Gasteiger partial charge in [-0.15, -0.1) is 0 Å². The molecule has 1 fully saturated rings. The Bertz CT molecular complexity index is 915. The zero-order valence-corrected chi connectivity index (χ0v) is 12.8. The molecule has 0 amide bonds. The van der Waals surface area contributed by atoms with E-state index in [4.69, 9.17) is 11.6 Å². The average Bonchev–Trinajstić information content (AvgIpc) is 2.55. The van der Waals surface area contributed by atoms with Crippen LogP contribution >= 0.6 is 11.6 Å². The lowest BCUT2D eigenvalue weighted by atomic mass is 10.1. The van der Waals surface area contributed by atoms with Crippen LogP contribution < -0.4 is 10.6 Å². The first-order chi connectivity index (χ1) is 10.7. The van der Waals surface area contributed by atoms with E-state index in [-0.39, 0.29) is 5.56 Å². The summed E-state index contributed by atoms with van der Waals surface area (Å²) in [7, 11) is 0. The highest BCUT2D eigenvalue weighted by molar-refractivity contribution is 6.31. The average molecular weight is 315 g/mol. The number of piperidine rings is 1. The van der Waals surface area contributed by atoms with Crippen molar-refractivity contribution in [3.8, 4) is 0 Å². The molecule has 22 heavy (non-hydrogen) atoms. The summed E-state index contributed by atoms with van der Waals surface area (Å²) in [5, 5.41) is 4.08. The number of benzene rings is 1. The fourth-order valence-electron chi connectivity index (χ4n) is 2.97. The topological polar surface area (TPSA) is 51.0 Å². The monoisotopic (exact) mass is 314 g/mol. The summed E-state index contributed by atoms with van der Waals surface area (Å²) in [5.74, 6) is 0. The van der Waals surface area contributed by atoms with E-state index in [0.717, 1.165) is 36.8 Å². The van der Waals surface area contributed by atoms with E-state index in [1.165, 1.54) is 6.42 Å². The highest BCUT2D eigenvalue weighted by Gasteiger charge is 2.14. The fraction of sp³-hybridized carbons (Fsp3) is 0.312. The number of aromatic nitrogens is 3. The molecule has 0 atom stereocenters. The van der Waals surface area contributed by atoms with Gasteiger partial charge in [0.25, 0.3) is 5.56 Å². The van der Waals surface area contributed by atoms with E-state index in [0.29, 0.717) is 16.1 Å². The van der Waals surface area contributed by atoms with Gasteiger partial charge in [-0.1, -0.05) is 11.6 Å². The summed E-state index contributed by atoms with van der Waals surface area (Å²) in [6.45, 7) is 1.78. The first-order valence-corrected chi connectivity index (χ1v) is 7.83. The van der Waals surface area contributed by atoms with Crippen LogP contribution in [0.25, 0.3) is 21.9 Å². The van der Waals surface area contributed by atoms with Gasteiger partial charge in [-0.05, 0) is 43.5 Å². The Morgan fingerprint density at radius 2 is 1.91 bits per heavy atom. The number of halogens is 1. The van der Waals surface area contributed by atoms with Crippen LogP contribution in [0.15, 0.2) is 35.4 Å². The van der Waals surface area contributed by atoms with Crippen molar-refractivity contribution in [3.63, 3.8) is 0 Å². The standard InChI is InChI=1S/C16H15ClN4O/c17-12-4-5-14-11(8-12)9-13-15(19-14)18-10-21(16(13)22)20-6-2-1-3-7-20/h4-5,8-10H,1-3,6-7H2. The van der Waals surface area contributed by atoms with Crippen molar-refractivity contribution in [2.45, 2.75) is 19.3 Å². The Kier molecular flexibility index (Phi) is 3.22. The molecule has 1 aliphatic heterocycles. The van der Waals surface area contributed by atoms with E-state index in [1.54, 1.807) is 17.1 Å². The van der Waals surface area contributed by atoms with E-state index < -0.39 is 0 Å². The van der Waals surface area contributed by atoms with Gasteiger partial charge in [0.05, 0.1) is 10.9 Å². The molecule has 1 saturated heterocycles. The fourth-order valence-corrected chi connectivity index (χ4v) is 3.15. The van der Waals surface area contributed by atoms with Crippen LogP contribution in [0.3, 0.4) is 0 Å². The molecule has 0 aliphatic carbocycles. The molecule has 4 rings (SSSR count). The van der Waals surface area contributed by atoms with E-state index in [2.05, 4.69) is 15.0 Å². The number of hydrogen-bond donors (Lipinski definition) is 0. The van der Waals surface area contributed by atoms with Crippen LogP contribution in [-0.2, 0) is 0 Å². The molecule has 3 heterocycles.